The Hall–Kier alpha value is -1.32. The van der Waals surface area contributed by atoms with Crippen molar-refractivity contribution in [3.63, 3.8) is 0 Å². The first kappa shape index (κ1) is 23.7. The van der Waals surface area contributed by atoms with Crippen LogP contribution in [-0.4, -0.2) is 44.1 Å². The summed E-state index contributed by atoms with van der Waals surface area (Å²) in [6.07, 6.45) is 3.10. The number of piperidine rings is 1. The van der Waals surface area contributed by atoms with Crippen LogP contribution >= 0.6 is 11.6 Å². The van der Waals surface area contributed by atoms with Crippen LogP contribution in [0.3, 0.4) is 0 Å². The van der Waals surface area contributed by atoms with Crippen molar-refractivity contribution in [2.45, 2.75) is 53.4 Å². The van der Waals surface area contributed by atoms with Gasteiger partial charge in [0, 0.05) is 12.4 Å². The molecular formula is C18H31ClN2O4. The molecule has 0 spiro atoms. The van der Waals surface area contributed by atoms with Gasteiger partial charge in [-0.25, -0.2) is 0 Å². The fourth-order valence-electron chi connectivity index (χ4n) is 2.45. The predicted molar refractivity (Wildman–Crippen MR) is 97.2 cm³/mol. The maximum Gasteiger partial charge on any atom is 0.326 e. The van der Waals surface area contributed by atoms with Crippen LogP contribution < -0.4 is 5.32 Å². The van der Waals surface area contributed by atoms with Crippen molar-refractivity contribution in [1.82, 2.24) is 5.32 Å². The summed E-state index contributed by atoms with van der Waals surface area (Å²) in [6.45, 7) is 9.68. The van der Waals surface area contributed by atoms with E-state index in [9.17, 15) is 9.59 Å². The highest BCUT2D eigenvalue weighted by atomic mass is 35.5. The van der Waals surface area contributed by atoms with E-state index in [2.05, 4.69) is 5.32 Å². The smallest absolute Gasteiger partial charge is 0.326 e. The summed E-state index contributed by atoms with van der Waals surface area (Å²) in [6, 6.07) is 1.96. The van der Waals surface area contributed by atoms with E-state index < -0.39 is 11.4 Å². The molecule has 1 aliphatic rings. The largest absolute Gasteiger partial charge is 0.466 e. The van der Waals surface area contributed by atoms with Crippen LogP contribution in [0, 0.1) is 22.2 Å². The zero-order valence-corrected chi connectivity index (χ0v) is 16.6. The van der Waals surface area contributed by atoms with E-state index in [1.807, 2.05) is 19.9 Å². The molecule has 0 radical (unpaired) electrons. The fraction of sp³-hybridized carbons (Fsp3) is 0.833. The van der Waals surface area contributed by atoms with E-state index >= 15 is 0 Å². The Morgan fingerprint density at radius 2 is 1.96 bits per heavy atom. The number of ether oxygens (including phenoxy) is 2. The van der Waals surface area contributed by atoms with Gasteiger partial charge in [-0.3, -0.25) is 9.59 Å². The molecule has 0 aromatic rings. The summed E-state index contributed by atoms with van der Waals surface area (Å²) in [5, 5.41) is 12.0. The van der Waals surface area contributed by atoms with Gasteiger partial charge in [0.05, 0.1) is 24.7 Å². The lowest BCUT2D eigenvalue weighted by molar-refractivity contribution is -0.155. The Bertz CT molecular complexity index is 458. The van der Waals surface area contributed by atoms with Gasteiger partial charge < -0.3 is 14.8 Å². The second-order valence-electron chi connectivity index (χ2n) is 6.52. The minimum atomic E-state index is -1.04. The van der Waals surface area contributed by atoms with Crippen molar-refractivity contribution < 1.29 is 19.1 Å². The normalized spacial score (nSPS) is 21.8. The Morgan fingerprint density at radius 1 is 1.32 bits per heavy atom. The standard InChI is InChI=1S/C9H14ClNO2.C9H17NO2/c1-3-13-8(12)9(2,7-11)5-4-6-10;1-3-12-8(11)9(2)5-4-6-10-7-9/h3-6H2,1-2H3;10H,3-7H2,1-2H3. The van der Waals surface area contributed by atoms with Gasteiger partial charge in [0.15, 0.2) is 5.41 Å². The number of halogens is 1. The van der Waals surface area contributed by atoms with Crippen molar-refractivity contribution in [2.24, 2.45) is 10.8 Å². The molecule has 1 saturated heterocycles. The number of nitriles is 1. The molecule has 6 nitrogen and oxygen atoms in total. The number of nitrogens with one attached hydrogen (secondary N) is 1. The lowest BCUT2D eigenvalue weighted by Crippen LogP contribution is -2.44. The lowest BCUT2D eigenvalue weighted by atomic mass is 9.83. The van der Waals surface area contributed by atoms with Gasteiger partial charge in [-0.1, -0.05) is 0 Å². The molecule has 0 aromatic carbocycles. The summed E-state index contributed by atoms with van der Waals surface area (Å²) < 4.78 is 9.80. The molecule has 1 rings (SSSR count). The van der Waals surface area contributed by atoms with Crippen molar-refractivity contribution in [2.75, 3.05) is 32.2 Å². The van der Waals surface area contributed by atoms with Crippen molar-refractivity contribution >= 4 is 23.5 Å². The molecule has 1 aliphatic heterocycles. The quantitative estimate of drug-likeness (QED) is 0.544. The molecule has 0 aliphatic carbocycles. The highest BCUT2D eigenvalue weighted by Gasteiger charge is 2.36. The molecule has 2 atom stereocenters. The van der Waals surface area contributed by atoms with Crippen molar-refractivity contribution in [1.29, 1.82) is 5.26 Å². The van der Waals surface area contributed by atoms with E-state index in [1.165, 1.54) is 0 Å². The van der Waals surface area contributed by atoms with Crippen molar-refractivity contribution in [3.05, 3.63) is 0 Å². The SMILES string of the molecule is CCOC(=O)C(C)(C#N)CCCCl.CCOC(=O)C1(C)CCCNC1. The first-order valence-electron chi connectivity index (χ1n) is 8.82. The van der Waals surface area contributed by atoms with Gasteiger partial charge in [0.2, 0.25) is 0 Å². The highest BCUT2D eigenvalue weighted by Crippen LogP contribution is 2.26. The van der Waals surface area contributed by atoms with E-state index in [1.54, 1.807) is 13.8 Å². The first-order chi connectivity index (χ1) is 11.8. The monoisotopic (exact) mass is 374 g/mol. The van der Waals surface area contributed by atoms with Gasteiger partial charge in [-0.05, 0) is 59.9 Å². The van der Waals surface area contributed by atoms with E-state index in [0.29, 0.717) is 31.9 Å². The zero-order valence-electron chi connectivity index (χ0n) is 15.8. The van der Waals surface area contributed by atoms with E-state index in [4.69, 9.17) is 26.3 Å². The molecule has 1 heterocycles. The molecule has 2 unspecified atom stereocenters. The number of esters is 2. The summed E-state index contributed by atoms with van der Waals surface area (Å²) >= 11 is 5.48. The fourth-order valence-corrected chi connectivity index (χ4v) is 2.58. The van der Waals surface area contributed by atoms with Crippen LogP contribution in [0.5, 0.6) is 0 Å². The summed E-state index contributed by atoms with van der Waals surface area (Å²) in [5.74, 6) is -0.0590. The van der Waals surface area contributed by atoms with Gasteiger partial charge >= 0.3 is 11.9 Å². The summed E-state index contributed by atoms with van der Waals surface area (Å²) in [5.41, 5.74) is -1.32. The maximum absolute atomic E-state index is 11.5. The zero-order chi connectivity index (χ0) is 19.3. The molecule has 144 valence electrons. The molecule has 1 N–H and O–H groups in total. The molecule has 0 saturated carbocycles. The van der Waals surface area contributed by atoms with Gasteiger partial charge in [-0.15, -0.1) is 11.6 Å². The third-order valence-electron chi connectivity index (χ3n) is 4.15. The van der Waals surface area contributed by atoms with Crippen LogP contribution in [0.1, 0.15) is 53.4 Å². The number of rotatable bonds is 7. The third-order valence-corrected chi connectivity index (χ3v) is 4.42. The van der Waals surface area contributed by atoms with E-state index in [-0.39, 0.29) is 11.4 Å². The number of hydrogen-bond acceptors (Lipinski definition) is 6. The lowest BCUT2D eigenvalue weighted by Gasteiger charge is -2.31. The second-order valence-corrected chi connectivity index (χ2v) is 6.90. The molecule has 0 bridgehead atoms. The number of carbonyl (C=O) groups is 2. The average Bonchev–Trinajstić information content (AvgIpc) is 2.61. The molecule has 25 heavy (non-hydrogen) atoms. The van der Waals surface area contributed by atoms with Gasteiger partial charge in [-0.2, -0.15) is 5.26 Å². The molecular weight excluding hydrogens is 344 g/mol. The highest BCUT2D eigenvalue weighted by molar-refractivity contribution is 6.17. The van der Waals surface area contributed by atoms with Crippen LogP contribution in [0.4, 0.5) is 0 Å². The Kier molecular flexibility index (Phi) is 11.5. The maximum atomic E-state index is 11.5. The van der Waals surface area contributed by atoms with E-state index in [0.717, 1.165) is 25.9 Å². The average molecular weight is 375 g/mol. The van der Waals surface area contributed by atoms with Gasteiger partial charge in [0.1, 0.15) is 0 Å². The minimum Gasteiger partial charge on any atom is -0.466 e. The van der Waals surface area contributed by atoms with Crippen LogP contribution in [-0.2, 0) is 19.1 Å². The van der Waals surface area contributed by atoms with Crippen LogP contribution in [0.15, 0.2) is 0 Å². The number of hydrogen-bond donors (Lipinski definition) is 1. The Balaban J connectivity index is 0.000000462. The second kappa shape index (κ2) is 12.1. The number of carbonyl (C=O) groups excluding carboxylic acids is 2. The molecule has 1 fully saturated rings. The van der Waals surface area contributed by atoms with Crippen LogP contribution in [0.25, 0.3) is 0 Å². The summed E-state index contributed by atoms with van der Waals surface area (Å²) in [7, 11) is 0. The summed E-state index contributed by atoms with van der Waals surface area (Å²) in [4.78, 5) is 22.8. The number of alkyl halides is 1. The first-order valence-corrected chi connectivity index (χ1v) is 9.35. The predicted octanol–water partition coefficient (Wildman–Crippen LogP) is 3.04. The Labute approximate surface area is 156 Å². The topological polar surface area (TPSA) is 88.4 Å². The van der Waals surface area contributed by atoms with Gasteiger partial charge in [0.25, 0.3) is 0 Å². The minimum absolute atomic E-state index is 0.0581. The molecule has 7 heteroatoms. The molecule has 0 amide bonds. The third kappa shape index (κ3) is 8.06. The van der Waals surface area contributed by atoms with Crippen molar-refractivity contribution in [3.8, 4) is 6.07 Å². The molecule has 0 aromatic heterocycles. The number of nitrogens with zero attached hydrogens (tertiary/aromatic N) is 1. The Morgan fingerprint density at radius 3 is 2.40 bits per heavy atom. The van der Waals surface area contributed by atoms with Crippen LogP contribution in [0.2, 0.25) is 0 Å².